The van der Waals surface area contributed by atoms with Gasteiger partial charge in [0.2, 0.25) is 5.91 Å². The van der Waals surface area contributed by atoms with Crippen LogP contribution in [0.15, 0.2) is 18.3 Å². The number of likely N-dealkylation sites (tertiary alicyclic amines) is 1. The van der Waals surface area contributed by atoms with Crippen LogP contribution in [0.3, 0.4) is 0 Å². The molecule has 6 nitrogen and oxygen atoms in total. The van der Waals surface area contributed by atoms with E-state index in [1.54, 1.807) is 13.8 Å². The summed E-state index contributed by atoms with van der Waals surface area (Å²) >= 11 is 0. The Balaban J connectivity index is 1.80. The SMILES string of the molecule is Cc1nn(-c2ccc(C(F)(F)F)cn2)c(C)c1CC(=O)N1CC[C@H](CN)C1. The van der Waals surface area contributed by atoms with E-state index in [0.717, 1.165) is 24.2 Å². The molecule has 27 heavy (non-hydrogen) atoms. The molecule has 0 unspecified atom stereocenters. The Morgan fingerprint density at radius 1 is 1.33 bits per heavy atom. The van der Waals surface area contributed by atoms with Gasteiger partial charge in [0.1, 0.15) is 0 Å². The molecule has 0 radical (unpaired) electrons. The van der Waals surface area contributed by atoms with Crippen LogP contribution in [-0.4, -0.2) is 45.2 Å². The number of pyridine rings is 1. The summed E-state index contributed by atoms with van der Waals surface area (Å²) in [6.45, 7) is 5.51. The number of aryl methyl sites for hydroxylation is 1. The van der Waals surface area contributed by atoms with Gasteiger partial charge in [0.25, 0.3) is 0 Å². The Hall–Kier alpha value is -2.42. The van der Waals surface area contributed by atoms with E-state index in [-0.39, 0.29) is 18.1 Å². The molecule has 3 heterocycles. The van der Waals surface area contributed by atoms with Gasteiger partial charge < -0.3 is 10.6 Å². The molecule has 9 heteroatoms. The molecule has 0 spiro atoms. The minimum Gasteiger partial charge on any atom is -0.342 e. The van der Waals surface area contributed by atoms with Crippen molar-refractivity contribution >= 4 is 5.91 Å². The van der Waals surface area contributed by atoms with Gasteiger partial charge in [0.15, 0.2) is 5.82 Å². The van der Waals surface area contributed by atoms with E-state index in [1.807, 2.05) is 4.90 Å². The number of carbonyl (C=O) groups is 1. The van der Waals surface area contributed by atoms with Gasteiger partial charge in [-0.05, 0) is 44.9 Å². The highest BCUT2D eigenvalue weighted by Gasteiger charge is 2.31. The van der Waals surface area contributed by atoms with Crippen molar-refractivity contribution < 1.29 is 18.0 Å². The summed E-state index contributed by atoms with van der Waals surface area (Å²) in [5.74, 6) is 0.638. The molecule has 1 saturated heterocycles. The van der Waals surface area contributed by atoms with Crippen LogP contribution in [0.2, 0.25) is 0 Å². The van der Waals surface area contributed by atoms with Crippen LogP contribution in [0.25, 0.3) is 5.82 Å². The first kappa shape index (κ1) is 19.3. The van der Waals surface area contributed by atoms with Crippen molar-refractivity contribution in [1.82, 2.24) is 19.7 Å². The monoisotopic (exact) mass is 381 g/mol. The average molecular weight is 381 g/mol. The van der Waals surface area contributed by atoms with Crippen molar-refractivity contribution in [2.75, 3.05) is 19.6 Å². The lowest BCUT2D eigenvalue weighted by molar-refractivity contribution is -0.137. The van der Waals surface area contributed by atoms with Gasteiger partial charge in [-0.1, -0.05) is 0 Å². The van der Waals surface area contributed by atoms with E-state index >= 15 is 0 Å². The Labute approximate surface area is 155 Å². The van der Waals surface area contributed by atoms with Crippen LogP contribution in [0.4, 0.5) is 13.2 Å². The quantitative estimate of drug-likeness (QED) is 0.881. The first-order chi connectivity index (χ1) is 12.7. The van der Waals surface area contributed by atoms with Gasteiger partial charge in [-0.2, -0.15) is 18.3 Å². The Kier molecular flexibility index (Phi) is 5.23. The lowest BCUT2D eigenvalue weighted by Gasteiger charge is -2.16. The predicted molar refractivity (Wildman–Crippen MR) is 93.3 cm³/mol. The van der Waals surface area contributed by atoms with Crippen LogP contribution in [0.1, 0.15) is 28.9 Å². The van der Waals surface area contributed by atoms with Gasteiger partial charge in [0, 0.05) is 30.5 Å². The highest BCUT2D eigenvalue weighted by molar-refractivity contribution is 5.79. The molecule has 0 aliphatic carbocycles. The number of hydrogen-bond acceptors (Lipinski definition) is 4. The third-order valence-electron chi connectivity index (χ3n) is 5.03. The summed E-state index contributed by atoms with van der Waals surface area (Å²) in [6.07, 6.45) is -2.53. The van der Waals surface area contributed by atoms with Crippen LogP contribution >= 0.6 is 0 Å². The number of aromatic nitrogens is 3. The van der Waals surface area contributed by atoms with E-state index in [0.29, 0.717) is 36.9 Å². The molecule has 0 saturated carbocycles. The van der Waals surface area contributed by atoms with Crippen LogP contribution in [-0.2, 0) is 17.4 Å². The normalized spacial score (nSPS) is 17.6. The van der Waals surface area contributed by atoms with Gasteiger partial charge in [-0.25, -0.2) is 9.67 Å². The zero-order valence-corrected chi connectivity index (χ0v) is 15.3. The van der Waals surface area contributed by atoms with Gasteiger partial charge >= 0.3 is 6.18 Å². The fourth-order valence-electron chi connectivity index (χ4n) is 3.35. The maximum Gasteiger partial charge on any atom is 0.417 e. The van der Waals surface area contributed by atoms with Gasteiger partial charge in [0.05, 0.1) is 17.7 Å². The van der Waals surface area contributed by atoms with Crippen molar-refractivity contribution in [3.8, 4) is 5.82 Å². The van der Waals surface area contributed by atoms with Gasteiger partial charge in [-0.15, -0.1) is 0 Å². The fourth-order valence-corrected chi connectivity index (χ4v) is 3.35. The highest BCUT2D eigenvalue weighted by atomic mass is 19.4. The topological polar surface area (TPSA) is 77.0 Å². The largest absolute Gasteiger partial charge is 0.417 e. The molecular formula is C18H22F3N5O. The first-order valence-corrected chi connectivity index (χ1v) is 8.77. The second-order valence-electron chi connectivity index (χ2n) is 6.87. The lowest BCUT2D eigenvalue weighted by Crippen LogP contribution is -2.31. The van der Waals surface area contributed by atoms with Crippen molar-refractivity contribution in [3.05, 3.63) is 40.8 Å². The second kappa shape index (κ2) is 7.30. The van der Waals surface area contributed by atoms with E-state index in [2.05, 4.69) is 10.1 Å². The van der Waals surface area contributed by atoms with Crippen LogP contribution in [0.5, 0.6) is 0 Å². The van der Waals surface area contributed by atoms with E-state index < -0.39 is 11.7 Å². The molecule has 0 bridgehead atoms. The van der Waals surface area contributed by atoms with E-state index in [9.17, 15) is 18.0 Å². The van der Waals surface area contributed by atoms with Crippen molar-refractivity contribution in [3.63, 3.8) is 0 Å². The zero-order valence-electron chi connectivity index (χ0n) is 15.3. The summed E-state index contributed by atoms with van der Waals surface area (Å²) < 4.78 is 39.6. The molecule has 1 aliphatic rings. The minimum atomic E-state index is -4.44. The molecule has 1 amide bonds. The lowest BCUT2D eigenvalue weighted by atomic mass is 10.1. The number of halogens is 3. The fraction of sp³-hybridized carbons (Fsp3) is 0.500. The van der Waals surface area contributed by atoms with E-state index in [1.165, 1.54) is 10.7 Å². The van der Waals surface area contributed by atoms with Crippen molar-refractivity contribution in [1.29, 1.82) is 0 Å². The molecule has 1 fully saturated rings. The summed E-state index contributed by atoms with van der Waals surface area (Å²) in [6, 6.07) is 2.25. The zero-order chi connectivity index (χ0) is 19.8. The number of nitrogens with two attached hydrogens (primary N) is 1. The van der Waals surface area contributed by atoms with Crippen LogP contribution in [0, 0.1) is 19.8 Å². The molecule has 1 aliphatic heterocycles. The Morgan fingerprint density at radius 2 is 2.07 bits per heavy atom. The first-order valence-electron chi connectivity index (χ1n) is 8.77. The molecule has 0 aromatic carbocycles. The minimum absolute atomic E-state index is 0.0112. The number of amides is 1. The van der Waals surface area contributed by atoms with Crippen LogP contribution < -0.4 is 5.73 Å². The molecule has 2 aromatic rings. The summed E-state index contributed by atoms with van der Waals surface area (Å²) in [4.78, 5) is 18.3. The average Bonchev–Trinajstić information content (AvgIpc) is 3.21. The molecule has 1 atom stereocenters. The maximum atomic E-state index is 12.7. The smallest absolute Gasteiger partial charge is 0.342 e. The van der Waals surface area contributed by atoms with Gasteiger partial charge in [-0.3, -0.25) is 4.79 Å². The molecule has 3 rings (SSSR count). The number of hydrogen-bond donors (Lipinski definition) is 1. The molecular weight excluding hydrogens is 359 g/mol. The second-order valence-corrected chi connectivity index (χ2v) is 6.87. The predicted octanol–water partition coefficient (Wildman–Crippen LogP) is 2.25. The summed E-state index contributed by atoms with van der Waals surface area (Å²) in [5, 5.41) is 4.37. The number of nitrogens with zero attached hydrogens (tertiary/aromatic N) is 4. The molecule has 146 valence electrons. The standard InChI is InChI=1S/C18H22F3N5O/c1-11-15(7-17(27)25-6-5-13(8-22)10-25)12(2)26(24-11)16-4-3-14(9-23-16)18(19,20)21/h3-4,9,13H,5-8,10,22H2,1-2H3/t13-/m1/s1. The third kappa shape index (κ3) is 3.97. The number of alkyl halides is 3. The summed E-state index contributed by atoms with van der Waals surface area (Å²) in [5.41, 5.74) is 7.00. The Bertz CT molecular complexity index is 829. The van der Waals surface area contributed by atoms with Crippen molar-refractivity contribution in [2.45, 2.75) is 32.9 Å². The molecule has 2 aromatic heterocycles. The van der Waals surface area contributed by atoms with E-state index in [4.69, 9.17) is 5.73 Å². The third-order valence-corrected chi connectivity index (χ3v) is 5.03. The summed E-state index contributed by atoms with van der Waals surface area (Å²) in [7, 11) is 0. The maximum absolute atomic E-state index is 12.7. The number of rotatable bonds is 4. The number of carbonyl (C=O) groups excluding carboxylic acids is 1. The highest BCUT2D eigenvalue weighted by Crippen LogP contribution is 2.29. The molecule has 2 N–H and O–H groups in total. The Morgan fingerprint density at radius 3 is 2.63 bits per heavy atom. The van der Waals surface area contributed by atoms with Crippen molar-refractivity contribution in [2.24, 2.45) is 11.7 Å².